The Morgan fingerprint density at radius 1 is 1.08 bits per heavy atom. The van der Waals surface area contributed by atoms with Crippen LogP contribution >= 0.6 is 15.9 Å². The third-order valence-electron chi connectivity index (χ3n) is 5.63. The van der Waals surface area contributed by atoms with E-state index in [1.165, 1.54) is 4.68 Å². The highest BCUT2D eigenvalue weighted by molar-refractivity contribution is 9.10. The number of furan rings is 1. The molecule has 0 spiro atoms. The number of para-hydroxylation sites is 2. The molecule has 2 aromatic heterocycles. The molecule has 2 heterocycles. The highest BCUT2D eigenvalue weighted by Crippen LogP contribution is 2.35. The molecular formula is C29H26BrN3O4. The standard InChI is InChI=1S/C29H26BrN3O4/c1-29(2,3)17-36-26-19(13-20(30)15-24(26)35-4)16-31-33-27(25-14-18-9-5-8-12-23(18)37-25)32-22-11-7-6-10-21(22)28(33)34/h5-16H,17H2,1-4H3. The zero-order valence-corrected chi connectivity index (χ0v) is 22.6. The second kappa shape index (κ2) is 9.86. The van der Waals surface area contributed by atoms with Gasteiger partial charge in [0.1, 0.15) is 5.58 Å². The first kappa shape index (κ1) is 24.8. The molecule has 3 aromatic carbocycles. The Hall–Kier alpha value is -3.91. The second-order valence-electron chi connectivity index (χ2n) is 9.84. The number of benzene rings is 3. The molecule has 37 heavy (non-hydrogen) atoms. The molecule has 0 saturated carbocycles. The maximum atomic E-state index is 13.6. The molecule has 0 N–H and O–H groups in total. The summed E-state index contributed by atoms with van der Waals surface area (Å²) in [5, 5.41) is 5.96. The summed E-state index contributed by atoms with van der Waals surface area (Å²) in [6.07, 6.45) is 1.58. The Labute approximate surface area is 222 Å². The van der Waals surface area contributed by atoms with Crippen LogP contribution in [0.2, 0.25) is 0 Å². The molecule has 8 heteroatoms. The summed E-state index contributed by atoms with van der Waals surface area (Å²) in [6, 6.07) is 20.4. The Bertz CT molecular complexity index is 1660. The van der Waals surface area contributed by atoms with Gasteiger partial charge in [0.05, 0.1) is 30.8 Å². The lowest BCUT2D eigenvalue weighted by Crippen LogP contribution is -2.20. The molecule has 188 valence electrons. The number of nitrogens with zero attached hydrogens (tertiary/aromatic N) is 3. The summed E-state index contributed by atoms with van der Waals surface area (Å²) in [5.41, 5.74) is 1.53. The fourth-order valence-electron chi connectivity index (χ4n) is 3.88. The van der Waals surface area contributed by atoms with E-state index in [1.54, 1.807) is 31.5 Å². The normalized spacial score (nSPS) is 12.0. The molecular weight excluding hydrogens is 534 g/mol. The predicted molar refractivity (Wildman–Crippen MR) is 150 cm³/mol. The molecule has 0 aliphatic heterocycles. The van der Waals surface area contributed by atoms with Gasteiger partial charge in [-0.05, 0) is 41.8 Å². The molecule has 0 amide bonds. The number of hydrogen-bond acceptors (Lipinski definition) is 6. The molecule has 0 radical (unpaired) electrons. The van der Waals surface area contributed by atoms with Gasteiger partial charge in [0, 0.05) is 15.4 Å². The van der Waals surface area contributed by atoms with Gasteiger partial charge in [0.25, 0.3) is 5.56 Å². The van der Waals surface area contributed by atoms with Gasteiger partial charge in [-0.25, -0.2) is 4.98 Å². The molecule has 0 aliphatic carbocycles. The summed E-state index contributed by atoms with van der Waals surface area (Å²) >= 11 is 3.53. The number of hydrogen-bond donors (Lipinski definition) is 0. The van der Waals surface area contributed by atoms with Crippen LogP contribution in [0.1, 0.15) is 26.3 Å². The maximum Gasteiger partial charge on any atom is 0.282 e. The van der Waals surface area contributed by atoms with Crippen LogP contribution in [-0.2, 0) is 0 Å². The van der Waals surface area contributed by atoms with Crippen molar-refractivity contribution < 1.29 is 13.9 Å². The van der Waals surface area contributed by atoms with Crippen molar-refractivity contribution in [1.82, 2.24) is 9.66 Å². The minimum Gasteiger partial charge on any atom is -0.493 e. The number of rotatable bonds is 6. The quantitative estimate of drug-likeness (QED) is 0.212. The molecule has 0 fully saturated rings. The molecule has 7 nitrogen and oxygen atoms in total. The molecule has 5 rings (SSSR count). The number of methoxy groups -OCH3 is 1. The molecule has 0 atom stereocenters. The average molecular weight is 560 g/mol. The number of ether oxygens (including phenoxy) is 2. The highest BCUT2D eigenvalue weighted by Gasteiger charge is 2.19. The van der Waals surface area contributed by atoms with Crippen LogP contribution < -0.4 is 15.0 Å². The van der Waals surface area contributed by atoms with E-state index >= 15 is 0 Å². The van der Waals surface area contributed by atoms with E-state index in [4.69, 9.17) is 18.9 Å². The summed E-state index contributed by atoms with van der Waals surface area (Å²) < 4.78 is 19.9. The summed E-state index contributed by atoms with van der Waals surface area (Å²) in [7, 11) is 1.59. The van der Waals surface area contributed by atoms with Crippen molar-refractivity contribution in [3.8, 4) is 23.1 Å². The van der Waals surface area contributed by atoms with E-state index in [-0.39, 0.29) is 11.0 Å². The predicted octanol–water partition coefficient (Wildman–Crippen LogP) is 6.89. The lowest BCUT2D eigenvalue weighted by atomic mass is 9.98. The molecule has 0 unspecified atom stereocenters. The van der Waals surface area contributed by atoms with E-state index in [1.807, 2.05) is 48.5 Å². The first-order valence-corrected chi connectivity index (χ1v) is 12.6. The van der Waals surface area contributed by atoms with Crippen molar-refractivity contribution in [3.05, 3.63) is 87.1 Å². The largest absolute Gasteiger partial charge is 0.493 e. The lowest BCUT2D eigenvalue weighted by Gasteiger charge is -2.21. The lowest BCUT2D eigenvalue weighted by molar-refractivity contribution is 0.191. The number of aromatic nitrogens is 2. The van der Waals surface area contributed by atoms with Gasteiger partial charge in [0.15, 0.2) is 17.3 Å². The maximum absolute atomic E-state index is 13.6. The van der Waals surface area contributed by atoms with Crippen molar-refractivity contribution in [3.63, 3.8) is 0 Å². The van der Waals surface area contributed by atoms with Crippen LogP contribution in [0.4, 0.5) is 0 Å². The Morgan fingerprint density at radius 2 is 1.84 bits per heavy atom. The van der Waals surface area contributed by atoms with Gasteiger partial charge < -0.3 is 13.9 Å². The average Bonchev–Trinajstić information content (AvgIpc) is 3.30. The van der Waals surface area contributed by atoms with Crippen LogP contribution in [-0.4, -0.2) is 29.6 Å². The van der Waals surface area contributed by atoms with E-state index in [2.05, 4.69) is 41.8 Å². The van der Waals surface area contributed by atoms with Gasteiger partial charge in [-0.1, -0.05) is 67.0 Å². The third-order valence-corrected chi connectivity index (χ3v) is 6.09. The van der Waals surface area contributed by atoms with Gasteiger partial charge in [-0.15, -0.1) is 0 Å². The topological polar surface area (TPSA) is 78.9 Å². The first-order chi connectivity index (χ1) is 17.7. The monoisotopic (exact) mass is 559 g/mol. The smallest absolute Gasteiger partial charge is 0.282 e. The van der Waals surface area contributed by atoms with Crippen molar-refractivity contribution in [1.29, 1.82) is 0 Å². The molecule has 5 aromatic rings. The van der Waals surface area contributed by atoms with Crippen LogP contribution in [0.25, 0.3) is 33.5 Å². The Morgan fingerprint density at radius 3 is 2.59 bits per heavy atom. The van der Waals surface area contributed by atoms with E-state index < -0.39 is 0 Å². The van der Waals surface area contributed by atoms with Crippen LogP contribution in [0.15, 0.2) is 85.5 Å². The zero-order valence-electron chi connectivity index (χ0n) is 21.0. The van der Waals surface area contributed by atoms with Crippen molar-refractivity contribution in [2.75, 3.05) is 13.7 Å². The van der Waals surface area contributed by atoms with E-state index in [0.29, 0.717) is 51.7 Å². The Kier molecular flexibility index (Phi) is 6.60. The molecule has 0 aliphatic rings. The van der Waals surface area contributed by atoms with Crippen LogP contribution in [0.5, 0.6) is 11.5 Å². The van der Waals surface area contributed by atoms with Gasteiger partial charge in [-0.3, -0.25) is 4.79 Å². The van der Waals surface area contributed by atoms with E-state index in [0.717, 1.165) is 9.86 Å². The third kappa shape index (κ3) is 5.15. The number of fused-ring (bicyclic) bond motifs is 2. The van der Waals surface area contributed by atoms with Gasteiger partial charge in [0.2, 0.25) is 5.82 Å². The van der Waals surface area contributed by atoms with Crippen LogP contribution in [0, 0.1) is 5.41 Å². The van der Waals surface area contributed by atoms with Gasteiger partial charge >= 0.3 is 0 Å². The first-order valence-electron chi connectivity index (χ1n) is 11.8. The summed E-state index contributed by atoms with van der Waals surface area (Å²) in [4.78, 5) is 18.3. The summed E-state index contributed by atoms with van der Waals surface area (Å²) in [6.45, 7) is 6.73. The minimum absolute atomic E-state index is 0.0693. The summed E-state index contributed by atoms with van der Waals surface area (Å²) in [5.74, 6) is 1.84. The zero-order chi connectivity index (χ0) is 26.2. The molecule has 0 bridgehead atoms. The van der Waals surface area contributed by atoms with Crippen LogP contribution in [0.3, 0.4) is 0 Å². The van der Waals surface area contributed by atoms with Gasteiger partial charge in [-0.2, -0.15) is 9.78 Å². The van der Waals surface area contributed by atoms with E-state index in [9.17, 15) is 4.79 Å². The van der Waals surface area contributed by atoms with Crippen molar-refractivity contribution in [2.45, 2.75) is 20.8 Å². The number of halogens is 1. The second-order valence-corrected chi connectivity index (χ2v) is 10.8. The minimum atomic E-state index is -0.309. The van der Waals surface area contributed by atoms with Crippen molar-refractivity contribution >= 4 is 44.0 Å². The molecule has 0 saturated heterocycles. The SMILES string of the molecule is COc1cc(Br)cc(C=Nn2c(-c3cc4ccccc4o3)nc3ccccc3c2=O)c1OCC(C)(C)C. The fraction of sp³-hybridized carbons (Fsp3) is 0.207. The highest BCUT2D eigenvalue weighted by atomic mass is 79.9. The fourth-order valence-corrected chi connectivity index (χ4v) is 4.34. The van der Waals surface area contributed by atoms with Crippen molar-refractivity contribution in [2.24, 2.45) is 10.5 Å². The Balaban J connectivity index is 1.69.